The van der Waals surface area contributed by atoms with Gasteiger partial charge in [0.1, 0.15) is 0 Å². The quantitative estimate of drug-likeness (QED) is 0.329. The van der Waals surface area contributed by atoms with Gasteiger partial charge < -0.3 is 24.8 Å². The molecule has 0 spiro atoms. The molecule has 3 unspecified atom stereocenters. The Hall–Kier alpha value is -0.740. The largest absolute Gasteiger partial charge is 0.493 e. The number of hydrogen-bond donors (Lipinski definition) is 2. The highest BCUT2D eigenvalue weighted by Crippen LogP contribution is 2.36. The summed E-state index contributed by atoms with van der Waals surface area (Å²) in [6.45, 7) is 3.45. The van der Waals surface area contributed by atoms with Gasteiger partial charge in [-0.3, -0.25) is 0 Å². The third-order valence-electron chi connectivity index (χ3n) is 4.69. The van der Waals surface area contributed by atoms with Crippen molar-refractivity contribution in [2.75, 3.05) is 20.8 Å². The third kappa shape index (κ3) is 4.95. The number of halogens is 2. The summed E-state index contributed by atoms with van der Waals surface area (Å²) < 4.78 is 17.5. The van der Waals surface area contributed by atoms with Gasteiger partial charge >= 0.3 is 0 Å². The van der Waals surface area contributed by atoms with E-state index in [1.54, 1.807) is 14.2 Å². The van der Waals surface area contributed by atoms with Crippen LogP contribution in [-0.4, -0.2) is 45.0 Å². The van der Waals surface area contributed by atoms with Crippen LogP contribution in [0.2, 0.25) is 0 Å². The minimum atomic E-state index is 0. The number of guanidine groups is 1. The first-order valence-electron chi connectivity index (χ1n) is 8.75. The number of fused-ring (bicyclic) bond motifs is 2. The predicted molar refractivity (Wildman–Crippen MR) is 117 cm³/mol. The van der Waals surface area contributed by atoms with Gasteiger partial charge in [-0.15, -0.1) is 24.0 Å². The van der Waals surface area contributed by atoms with Crippen molar-refractivity contribution >= 4 is 45.9 Å². The van der Waals surface area contributed by atoms with Gasteiger partial charge in [0.2, 0.25) is 0 Å². The second-order valence-corrected chi connectivity index (χ2v) is 7.22. The zero-order chi connectivity index (χ0) is 17.8. The zero-order valence-corrected chi connectivity index (χ0v) is 19.3. The van der Waals surface area contributed by atoms with Crippen LogP contribution in [0, 0.1) is 0 Å². The first kappa shape index (κ1) is 21.6. The molecule has 2 bridgehead atoms. The van der Waals surface area contributed by atoms with Crippen LogP contribution in [0.1, 0.15) is 31.7 Å². The fourth-order valence-corrected chi connectivity index (χ4v) is 4.17. The normalized spacial score (nSPS) is 24.2. The molecule has 0 aliphatic carbocycles. The Morgan fingerprint density at radius 2 is 2.12 bits per heavy atom. The maximum absolute atomic E-state index is 5.92. The van der Waals surface area contributed by atoms with Crippen molar-refractivity contribution in [3.8, 4) is 11.5 Å². The van der Waals surface area contributed by atoms with Crippen LogP contribution in [0.5, 0.6) is 11.5 Å². The average Bonchev–Trinajstić information content (AvgIpc) is 3.22. The van der Waals surface area contributed by atoms with Crippen molar-refractivity contribution in [2.24, 2.45) is 4.99 Å². The van der Waals surface area contributed by atoms with Crippen LogP contribution in [0.3, 0.4) is 0 Å². The van der Waals surface area contributed by atoms with Crippen molar-refractivity contribution in [3.63, 3.8) is 0 Å². The second kappa shape index (κ2) is 9.98. The molecule has 0 saturated carbocycles. The maximum Gasteiger partial charge on any atom is 0.191 e. The summed E-state index contributed by atoms with van der Waals surface area (Å²) in [6.07, 6.45) is 4.15. The van der Waals surface area contributed by atoms with Gasteiger partial charge in [-0.25, -0.2) is 4.99 Å². The highest BCUT2D eigenvalue weighted by atomic mass is 127. The average molecular weight is 540 g/mol. The molecule has 0 aromatic heterocycles. The lowest BCUT2D eigenvalue weighted by molar-refractivity contribution is 0.0992. The molecule has 0 amide bonds. The Bertz CT molecular complexity index is 644. The maximum atomic E-state index is 5.92. The number of hydrogen-bond acceptors (Lipinski definition) is 4. The minimum absolute atomic E-state index is 0. The first-order valence-corrected chi connectivity index (χ1v) is 9.54. The summed E-state index contributed by atoms with van der Waals surface area (Å²) in [7, 11) is 3.27. The van der Waals surface area contributed by atoms with E-state index in [1.807, 2.05) is 12.1 Å². The van der Waals surface area contributed by atoms with Crippen LogP contribution in [0.4, 0.5) is 0 Å². The fraction of sp³-hybridized carbons (Fsp3) is 0.611. The lowest BCUT2D eigenvalue weighted by atomic mass is 9.96. The SMILES string of the molecule is CCNC(=NCc1cc(Br)c(OC)c(OC)c1)NC1CC2CCC1O2.I. The van der Waals surface area contributed by atoms with E-state index in [2.05, 4.69) is 33.5 Å². The van der Waals surface area contributed by atoms with Crippen LogP contribution in [0.15, 0.2) is 21.6 Å². The van der Waals surface area contributed by atoms with Crippen molar-refractivity contribution in [2.45, 2.75) is 51.0 Å². The molecular weight excluding hydrogens is 513 g/mol. The van der Waals surface area contributed by atoms with Gasteiger partial charge in [0, 0.05) is 6.54 Å². The van der Waals surface area contributed by atoms with E-state index >= 15 is 0 Å². The van der Waals surface area contributed by atoms with Crippen LogP contribution < -0.4 is 20.1 Å². The Kier molecular flexibility index (Phi) is 8.28. The van der Waals surface area contributed by atoms with Gasteiger partial charge in [0.05, 0.1) is 43.5 Å². The number of benzene rings is 1. The molecule has 2 saturated heterocycles. The third-order valence-corrected chi connectivity index (χ3v) is 5.27. The van der Waals surface area contributed by atoms with Crippen molar-refractivity contribution in [1.82, 2.24) is 10.6 Å². The number of rotatable bonds is 6. The first-order chi connectivity index (χ1) is 12.1. The fourth-order valence-electron chi connectivity index (χ4n) is 3.52. The van der Waals surface area contributed by atoms with Crippen molar-refractivity contribution in [3.05, 3.63) is 22.2 Å². The number of aliphatic imine (C=N–C) groups is 1. The van der Waals surface area contributed by atoms with E-state index in [-0.39, 0.29) is 24.0 Å². The van der Waals surface area contributed by atoms with E-state index in [0.717, 1.165) is 35.4 Å². The molecule has 2 heterocycles. The van der Waals surface area contributed by atoms with Gasteiger partial charge in [-0.1, -0.05) is 0 Å². The molecule has 1 aromatic carbocycles. The number of nitrogens with one attached hydrogen (secondary N) is 2. The molecule has 2 aliphatic rings. The summed E-state index contributed by atoms with van der Waals surface area (Å²) in [4.78, 5) is 4.72. The van der Waals surface area contributed by atoms with E-state index < -0.39 is 0 Å². The summed E-state index contributed by atoms with van der Waals surface area (Å²) in [5, 5.41) is 6.85. The minimum Gasteiger partial charge on any atom is -0.493 e. The molecule has 6 nitrogen and oxygen atoms in total. The van der Waals surface area contributed by atoms with E-state index in [1.165, 1.54) is 6.42 Å². The van der Waals surface area contributed by atoms with Gasteiger partial charge in [-0.05, 0) is 59.8 Å². The molecule has 2 fully saturated rings. The van der Waals surface area contributed by atoms with Crippen LogP contribution >= 0.6 is 39.9 Å². The number of ether oxygens (including phenoxy) is 3. The summed E-state index contributed by atoms with van der Waals surface area (Å²) in [6, 6.07) is 4.32. The molecule has 3 atom stereocenters. The predicted octanol–water partition coefficient (Wildman–Crippen LogP) is 3.46. The van der Waals surface area contributed by atoms with E-state index in [9.17, 15) is 0 Å². The smallest absolute Gasteiger partial charge is 0.191 e. The van der Waals surface area contributed by atoms with E-state index in [0.29, 0.717) is 36.3 Å². The van der Waals surface area contributed by atoms with Crippen molar-refractivity contribution < 1.29 is 14.2 Å². The molecule has 146 valence electrons. The molecule has 3 rings (SSSR count). The molecule has 0 radical (unpaired) electrons. The zero-order valence-electron chi connectivity index (χ0n) is 15.4. The van der Waals surface area contributed by atoms with E-state index in [4.69, 9.17) is 19.2 Å². The Balaban J connectivity index is 0.00000243. The highest BCUT2D eigenvalue weighted by Gasteiger charge is 2.41. The molecule has 8 heteroatoms. The lowest BCUT2D eigenvalue weighted by Crippen LogP contribution is -2.47. The Morgan fingerprint density at radius 1 is 1.31 bits per heavy atom. The van der Waals surface area contributed by atoms with Crippen LogP contribution in [0.25, 0.3) is 0 Å². The molecule has 2 aliphatic heterocycles. The highest BCUT2D eigenvalue weighted by molar-refractivity contribution is 14.0. The Morgan fingerprint density at radius 3 is 2.69 bits per heavy atom. The summed E-state index contributed by atoms with van der Waals surface area (Å²) in [5.41, 5.74) is 1.05. The summed E-state index contributed by atoms with van der Waals surface area (Å²) >= 11 is 3.53. The standard InChI is InChI=1S/C18H26BrN3O3.HI/c1-4-20-18(22-14-9-12-5-6-15(14)25-12)21-10-11-7-13(19)17(24-3)16(8-11)23-2;/h7-8,12,14-15H,4-6,9-10H2,1-3H3,(H2,20,21,22);1H. The Labute approximate surface area is 180 Å². The number of nitrogens with zero attached hydrogens (tertiary/aromatic N) is 1. The lowest BCUT2D eigenvalue weighted by Gasteiger charge is -2.22. The topological polar surface area (TPSA) is 64.1 Å². The van der Waals surface area contributed by atoms with Gasteiger partial charge in [0.25, 0.3) is 0 Å². The van der Waals surface area contributed by atoms with Gasteiger partial charge in [-0.2, -0.15) is 0 Å². The van der Waals surface area contributed by atoms with Crippen molar-refractivity contribution in [1.29, 1.82) is 0 Å². The second-order valence-electron chi connectivity index (χ2n) is 6.37. The molecular formula is C18H27BrIN3O3. The molecule has 26 heavy (non-hydrogen) atoms. The van der Waals surface area contributed by atoms with Crippen LogP contribution in [-0.2, 0) is 11.3 Å². The monoisotopic (exact) mass is 539 g/mol. The van der Waals surface area contributed by atoms with Gasteiger partial charge in [0.15, 0.2) is 17.5 Å². The summed E-state index contributed by atoms with van der Waals surface area (Å²) in [5.74, 6) is 2.22. The molecule has 1 aromatic rings. The number of methoxy groups -OCH3 is 2. The molecule has 2 N–H and O–H groups in total.